The summed E-state index contributed by atoms with van der Waals surface area (Å²) in [5, 5.41) is 0. The van der Waals surface area contributed by atoms with Crippen molar-refractivity contribution in [2.24, 2.45) is 17.8 Å². The molecular formula is C20H30F2. The summed E-state index contributed by atoms with van der Waals surface area (Å²) in [5.74, 6) is 1.20. The molecule has 1 fully saturated rings. The molecule has 0 radical (unpaired) electrons. The van der Waals surface area contributed by atoms with Crippen LogP contribution >= 0.6 is 0 Å². The largest absolute Gasteiger partial charge is 0.203 e. The predicted octanol–water partition coefficient (Wildman–Crippen LogP) is 6.62. The molecule has 22 heavy (non-hydrogen) atoms. The highest BCUT2D eigenvalue weighted by molar-refractivity contribution is 5.28. The lowest BCUT2D eigenvalue weighted by Gasteiger charge is -2.33. The lowest BCUT2D eigenvalue weighted by molar-refractivity contribution is 0.225. The van der Waals surface area contributed by atoms with E-state index in [1.165, 1.54) is 12.8 Å². The maximum absolute atomic E-state index is 14.1. The van der Waals surface area contributed by atoms with Crippen LogP contribution in [0.3, 0.4) is 0 Å². The fourth-order valence-corrected chi connectivity index (χ4v) is 3.81. The Labute approximate surface area is 134 Å². The quantitative estimate of drug-likeness (QED) is 0.573. The Bertz CT molecular complexity index is 485. The minimum atomic E-state index is -0.662. The predicted molar refractivity (Wildman–Crippen MR) is 89.0 cm³/mol. The third-order valence-electron chi connectivity index (χ3n) is 5.52. The minimum absolute atomic E-state index is 0.198. The average molecular weight is 308 g/mol. The molecule has 2 heteroatoms. The normalized spacial score (nSPS) is 23.8. The molecule has 1 unspecified atom stereocenters. The first-order valence-electron chi connectivity index (χ1n) is 8.84. The Morgan fingerprint density at radius 3 is 2.18 bits per heavy atom. The molecule has 0 bridgehead atoms. The van der Waals surface area contributed by atoms with Gasteiger partial charge in [-0.05, 0) is 67.4 Å². The molecule has 1 aromatic carbocycles. The van der Waals surface area contributed by atoms with Gasteiger partial charge >= 0.3 is 0 Å². The summed E-state index contributed by atoms with van der Waals surface area (Å²) in [4.78, 5) is 0. The van der Waals surface area contributed by atoms with Gasteiger partial charge in [0.25, 0.3) is 0 Å². The van der Waals surface area contributed by atoms with Gasteiger partial charge in [0.15, 0.2) is 11.6 Å². The van der Waals surface area contributed by atoms with Crippen molar-refractivity contribution in [3.63, 3.8) is 0 Å². The summed E-state index contributed by atoms with van der Waals surface area (Å²) in [6.45, 7) is 8.53. The van der Waals surface area contributed by atoms with Gasteiger partial charge in [0.1, 0.15) is 0 Å². The highest BCUT2D eigenvalue weighted by Gasteiger charge is 2.28. The van der Waals surface area contributed by atoms with Crippen molar-refractivity contribution >= 4 is 0 Å². The van der Waals surface area contributed by atoms with Crippen LogP contribution in [-0.2, 0) is 0 Å². The van der Waals surface area contributed by atoms with Crippen LogP contribution in [0.15, 0.2) is 12.1 Å². The van der Waals surface area contributed by atoms with Crippen molar-refractivity contribution in [1.82, 2.24) is 0 Å². The zero-order valence-electron chi connectivity index (χ0n) is 14.5. The van der Waals surface area contributed by atoms with Gasteiger partial charge in [-0.1, -0.05) is 45.7 Å². The Morgan fingerprint density at radius 1 is 0.955 bits per heavy atom. The minimum Gasteiger partial charge on any atom is -0.203 e. The molecule has 1 aliphatic carbocycles. The lowest BCUT2D eigenvalue weighted by atomic mass is 9.73. The zero-order valence-corrected chi connectivity index (χ0v) is 14.5. The summed E-state index contributed by atoms with van der Waals surface area (Å²) in [6.07, 6.45) is 6.88. The standard InChI is InChI=1S/C20H30F2/c1-13(2)5-6-14(3)16-8-10-17(11-9-16)18-12-7-15(4)19(21)20(18)22/h7,12-14,16-17H,5-6,8-11H2,1-4H3. The SMILES string of the molecule is Cc1ccc(C2CCC(C(C)CCC(C)C)CC2)c(F)c1F. The number of hydrogen-bond donors (Lipinski definition) is 0. The van der Waals surface area contributed by atoms with Crippen molar-refractivity contribution in [2.75, 3.05) is 0 Å². The van der Waals surface area contributed by atoms with Crippen molar-refractivity contribution in [3.8, 4) is 0 Å². The number of hydrogen-bond acceptors (Lipinski definition) is 0. The molecule has 0 amide bonds. The summed E-state index contributed by atoms with van der Waals surface area (Å²) in [5.41, 5.74) is 0.994. The molecule has 0 aromatic heterocycles. The molecule has 0 N–H and O–H groups in total. The van der Waals surface area contributed by atoms with Crippen molar-refractivity contribution in [2.45, 2.75) is 72.1 Å². The molecule has 0 spiro atoms. The zero-order chi connectivity index (χ0) is 16.3. The van der Waals surface area contributed by atoms with E-state index in [0.29, 0.717) is 11.1 Å². The average Bonchev–Trinajstić information content (AvgIpc) is 2.51. The lowest BCUT2D eigenvalue weighted by Crippen LogP contribution is -2.20. The van der Waals surface area contributed by atoms with Crippen LogP contribution < -0.4 is 0 Å². The van der Waals surface area contributed by atoms with Crippen molar-refractivity contribution in [1.29, 1.82) is 0 Å². The highest BCUT2D eigenvalue weighted by Crippen LogP contribution is 2.41. The van der Waals surface area contributed by atoms with E-state index in [4.69, 9.17) is 0 Å². The number of benzene rings is 1. The topological polar surface area (TPSA) is 0 Å². The maximum Gasteiger partial charge on any atom is 0.162 e. The number of halogens is 2. The van der Waals surface area contributed by atoms with E-state index in [0.717, 1.165) is 43.4 Å². The van der Waals surface area contributed by atoms with Crippen molar-refractivity contribution < 1.29 is 8.78 Å². The second-order valence-electron chi connectivity index (χ2n) is 7.66. The molecule has 1 saturated carbocycles. The summed E-state index contributed by atoms with van der Waals surface area (Å²) in [6, 6.07) is 3.51. The molecule has 0 saturated heterocycles. The molecule has 0 aliphatic heterocycles. The monoisotopic (exact) mass is 308 g/mol. The van der Waals surface area contributed by atoms with Gasteiger partial charge in [-0.15, -0.1) is 0 Å². The van der Waals surface area contributed by atoms with E-state index in [2.05, 4.69) is 20.8 Å². The fourth-order valence-electron chi connectivity index (χ4n) is 3.81. The van der Waals surface area contributed by atoms with Gasteiger partial charge in [0, 0.05) is 0 Å². The van der Waals surface area contributed by atoms with E-state index < -0.39 is 11.6 Å². The summed E-state index contributed by atoms with van der Waals surface area (Å²) in [7, 11) is 0. The van der Waals surface area contributed by atoms with Crippen LogP contribution in [0.4, 0.5) is 8.78 Å². The van der Waals surface area contributed by atoms with E-state index >= 15 is 0 Å². The number of aryl methyl sites for hydroxylation is 1. The molecule has 0 heterocycles. The Kier molecular flexibility index (Phi) is 6.00. The summed E-state index contributed by atoms with van der Waals surface area (Å²) < 4.78 is 27.9. The Morgan fingerprint density at radius 2 is 1.59 bits per heavy atom. The summed E-state index contributed by atoms with van der Waals surface area (Å²) >= 11 is 0. The van der Waals surface area contributed by atoms with Crippen LogP contribution in [0.5, 0.6) is 0 Å². The van der Waals surface area contributed by atoms with Gasteiger partial charge in [-0.25, -0.2) is 8.78 Å². The first kappa shape index (κ1) is 17.4. The maximum atomic E-state index is 14.1. The Hall–Kier alpha value is -0.920. The fraction of sp³-hybridized carbons (Fsp3) is 0.700. The van der Waals surface area contributed by atoms with Gasteiger partial charge < -0.3 is 0 Å². The van der Waals surface area contributed by atoms with Crippen LogP contribution in [0.2, 0.25) is 0 Å². The molecule has 1 aliphatic rings. The molecule has 0 nitrogen and oxygen atoms in total. The number of rotatable bonds is 5. The molecule has 1 atom stereocenters. The molecule has 124 valence electrons. The highest BCUT2D eigenvalue weighted by atomic mass is 19.2. The molecule has 2 rings (SSSR count). The van der Waals surface area contributed by atoms with E-state index in [-0.39, 0.29) is 5.92 Å². The Balaban J connectivity index is 1.93. The second kappa shape index (κ2) is 7.57. The third kappa shape index (κ3) is 4.08. The van der Waals surface area contributed by atoms with Crippen LogP contribution in [0.25, 0.3) is 0 Å². The van der Waals surface area contributed by atoms with Crippen LogP contribution in [0.1, 0.15) is 76.3 Å². The van der Waals surface area contributed by atoms with Gasteiger partial charge in [-0.2, -0.15) is 0 Å². The van der Waals surface area contributed by atoms with Gasteiger partial charge in [-0.3, -0.25) is 0 Å². The van der Waals surface area contributed by atoms with E-state index in [1.807, 2.05) is 0 Å². The van der Waals surface area contributed by atoms with Gasteiger partial charge in [0.2, 0.25) is 0 Å². The van der Waals surface area contributed by atoms with E-state index in [9.17, 15) is 8.78 Å². The third-order valence-corrected chi connectivity index (χ3v) is 5.52. The van der Waals surface area contributed by atoms with E-state index in [1.54, 1.807) is 19.1 Å². The first-order valence-corrected chi connectivity index (χ1v) is 8.84. The van der Waals surface area contributed by atoms with Crippen LogP contribution in [-0.4, -0.2) is 0 Å². The second-order valence-corrected chi connectivity index (χ2v) is 7.66. The van der Waals surface area contributed by atoms with Crippen LogP contribution in [0, 0.1) is 36.3 Å². The van der Waals surface area contributed by atoms with Gasteiger partial charge in [0.05, 0.1) is 0 Å². The molecular weight excluding hydrogens is 278 g/mol. The smallest absolute Gasteiger partial charge is 0.162 e. The first-order chi connectivity index (χ1) is 10.4. The molecule has 1 aromatic rings. The van der Waals surface area contributed by atoms with Crippen molar-refractivity contribution in [3.05, 3.63) is 34.9 Å².